The van der Waals surface area contributed by atoms with Gasteiger partial charge in [0, 0.05) is 5.56 Å². The summed E-state index contributed by atoms with van der Waals surface area (Å²) in [5, 5.41) is 9.66. The molecule has 0 spiro atoms. The van der Waals surface area contributed by atoms with E-state index in [1.165, 1.54) is 26.0 Å². The molecule has 21 heavy (non-hydrogen) atoms. The van der Waals surface area contributed by atoms with Gasteiger partial charge in [-0.15, -0.1) is 0 Å². The minimum Gasteiger partial charge on any atom is -0.493 e. The molecule has 1 atom stereocenters. The van der Waals surface area contributed by atoms with E-state index in [1.54, 1.807) is 0 Å². The van der Waals surface area contributed by atoms with Crippen molar-refractivity contribution in [1.29, 1.82) is 0 Å². The highest BCUT2D eigenvalue weighted by Gasteiger charge is 2.60. The normalized spacial score (nSPS) is 14.4. The SMILES string of the molecule is CCOc1ccc(C)cc1C(O)C(C(F)(F)F)C(F)(F)F. The van der Waals surface area contributed by atoms with Crippen LogP contribution < -0.4 is 4.74 Å². The average Bonchev–Trinajstić information content (AvgIpc) is 2.27. The third kappa shape index (κ3) is 4.26. The number of rotatable bonds is 4. The van der Waals surface area contributed by atoms with Crippen LogP contribution in [0.1, 0.15) is 24.2 Å². The van der Waals surface area contributed by atoms with E-state index in [0.717, 1.165) is 6.07 Å². The molecule has 0 saturated heterocycles. The minimum absolute atomic E-state index is 0.0471. The molecular formula is C13H14F6O2. The molecule has 0 aliphatic rings. The van der Waals surface area contributed by atoms with Crippen molar-refractivity contribution in [3.63, 3.8) is 0 Å². The van der Waals surface area contributed by atoms with Crippen molar-refractivity contribution in [2.24, 2.45) is 5.92 Å². The Morgan fingerprint density at radius 3 is 2.05 bits per heavy atom. The summed E-state index contributed by atoms with van der Waals surface area (Å²) in [6.45, 7) is 3.06. The first-order chi connectivity index (χ1) is 9.48. The number of halogens is 6. The van der Waals surface area contributed by atoms with Gasteiger partial charge >= 0.3 is 12.4 Å². The molecule has 0 fully saturated rings. The first kappa shape index (κ1) is 17.6. The van der Waals surface area contributed by atoms with Gasteiger partial charge < -0.3 is 9.84 Å². The first-order valence-electron chi connectivity index (χ1n) is 6.03. The van der Waals surface area contributed by atoms with Crippen LogP contribution in [0, 0.1) is 12.8 Å². The molecule has 120 valence electrons. The van der Waals surface area contributed by atoms with Gasteiger partial charge in [-0.25, -0.2) is 0 Å². The van der Waals surface area contributed by atoms with Gasteiger partial charge in [0.1, 0.15) is 11.9 Å². The van der Waals surface area contributed by atoms with E-state index in [-0.39, 0.29) is 12.4 Å². The summed E-state index contributed by atoms with van der Waals surface area (Å²) < 4.78 is 80.9. The van der Waals surface area contributed by atoms with Crippen LogP contribution in [0.4, 0.5) is 26.3 Å². The molecule has 2 nitrogen and oxygen atoms in total. The molecule has 8 heteroatoms. The second-order valence-corrected chi connectivity index (χ2v) is 4.48. The Hall–Kier alpha value is -1.44. The molecule has 1 rings (SSSR count). The largest absolute Gasteiger partial charge is 0.493 e. The second kappa shape index (κ2) is 6.13. The summed E-state index contributed by atoms with van der Waals surface area (Å²) in [6.07, 6.45) is -14.0. The predicted molar refractivity (Wildman–Crippen MR) is 62.9 cm³/mol. The molecule has 1 unspecified atom stereocenters. The number of aryl methyl sites for hydroxylation is 1. The van der Waals surface area contributed by atoms with Crippen molar-refractivity contribution >= 4 is 0 Å². The maximum atomic E-state index is 12.6. The molecule has 1 N–H and O–H groups in total. The van der Waals surface area contributed by atoms with Crippen LogP contribution in [-0.2, 0) is 0 Å². The zero-order valence-electron chi connectivity index (χ0n) is 11.2. The van der Waals surface area contributed by atoms with Crippen molar-refractivity contribution in [2.45, 2.75) is 32.3 Å². The monoisotopic (exact) mass is 316 g/mol. The Kier molecular flexibility index (Phi) is 5.14. The van der Waals surface area contributed by atoms with Crippen LogP contribution in [0.25, 0.3) is 0 Å². The maximum absolute atomic E-state index is 12.6. The Balaban J connectivity index is 3.33. The predicted octanol–water partition coefficient (Wildman–Crippen LogP) is 4.17. The summed E-state index contributed by atoms with van der Waals surface area (Å²) in [7, 11) is 0. The lowest BCUT2D eigenvalue weighted by Gasteiger charge is -2.28. The molecule has 1 aromatic rings. The molecule has 0 amide bonds. The average molecular weight is 316 g/mol. The Labute approximate surface area is 117 Å². The molecule has 0 aromatic heterocycles. The third-order valence-electron chi connectivity index (χ3n) is 2.80. The van der Waals surface area contributed by atoms with Gasteiger partial charge in [0.15, 0.2) is 5.92 Å². The summed E-state index contributed by atoms with van der Waals surface area (Å²) in [5.41, 5.74) is -0.118. The smallest absolute Gasteiger partial charge is 0.403 e. The number of benzene rings is 1. The molecule has 0 aliphatic heterocycles. The maximum Gasteiger partial charge on any atom is 0.403 e. The Bertz CT molecular complexity index is 467. The highest BCUT2D eigenvalue weighted by Crippen LogP contribution is 2.48. The van der Waals surface area contributed by atoms with Crippen molar-refractivity contribution < 1.29 is 36.2 Å². The fourth-order valence-electron chi connectivity index (χ4n) is 1.91. The number of aliphatic hydroxyl groups is 1. The van der Waals surface area contributed by atoms with E-state index < -0.39 is 29.9 Å². The summed E-state index contributed by atoms with van der Waals surface area (Å²) >= 11 is 0. The summed E-state index contributed by atoms with van der Waals surface area (Å²) in [4.78, 5) is 0. The Morgan fingerprint density at radius 2 is 1.62 bits per heavy atom. The van der Waals surface area contributed by atoms with Gasteiger partial charge in [0.2, 0.25) is 0 Å². The van der Waals surface area contributed by atoms with Gasteiger partial charge in [0.05, 0.1) is 6.61 Å². The second-order valence-electron chi connectivity index (χ2n) is 4.48. The van der Waals surface area contributed by atoms with E-state index >= 15 is 0 Å². The zero-order chi connectivity index (χ0) is 16.4. The lowest BCUT2D eigenvalue weighted by Crippen LogP contribution is -2.41. The van der Waals surface area contributed by atoms with Crippen molar-refractivity contribution in [3.8, 4) is 5.75 Å². The van der Waals surface area contributed by atoms with Gasteiger partial charge in [0.25, 0.3) is 0 Å². The van der Waals surface area contributed by atoms with Crippen LogP contribution in [0.15, 0.2) is 18.2 Å². The van der Waals surface area contributed by atoms with Crippen molar-refractivity contribution in [1.82, 2.24) is 0 Å². The lowest BCUT2D eigenvalue weighted by atomic mass is 9.93. The van der Waals surface area contributed by atoms with Gasteiger partial charge in [-0.1, -0.05) is 11.6 Å². The van der Waals surface area contributed by atoms with Gasteiger partial charge in [-0.05, 0) is 26.0 Å². The fourth-order valence-corrected chi connectivity index (χ4v) is 1.91. The molecule has 0 radical (unpaired) electrons. The minimum atomic E-state index is -5.62. The van der Waals surface area contributed by atoms with Gasteiger partial charge in [-0.3, -0.25) is 0 Å². The summed E-state index contributed by atoms with van der Waals surface area (Å²) in [5.74, 6) is -4.07. The van der Waals surface area contributed by atoms with Crippen LogP contribution in [0.3, 0.4) is 0 Å². The van der Waals surface area contributed by atoms with Crippen LogP contribution in [-0.4, -0.2) is 24.1 Å². The van der Waals surface area contributed by atoms with E-state index in [9.17, 15) is 31.4 Å². The highest BCUT2D eigenvalue weighted by molar-refractivity contribution is 5.39. The van der Waals surface area contributed by atoms with E-state index in [0.29, 0.717) is 5.56 Å². The van der Waals surface area contributed by atoms with E-state index in [2.05, 4.69) is 0 Å². The van der Waals surface area contributed by atoms with E-state index in [1.807, 2.05) is 0 Å². The first-order valence-corrected chi connectivity index (χ1v) is 6.03. The molecule has 0 saturated carbocycles. The van der Waals surface area contributed by atoms with Gasteiger partial charge in [-0.2, -0.15) is 26.3 Å². The Morgan fingerprint density at radius 1 is 1.10 bits per heavy atom. The fraction of sp³-hybridized carbons (Fsp3) is 0.538. The molecule has 1 aromatic carbocycles. The summed E-state index contributed by atoms with van der Waals surface area (Å²) in [6, 6.07) is 3.76. The molecule has 0 heterocycles. The van der Waals surface area contributed by atoms with Crippen LogP contribution >= 0.6 is 0 Å². The van der Waals surface area contributed by atoms with Crippen LogP contribution in [0.5, 0.6) is 5.75 Å². The van der Waals surface area contributed by atoms with Crippen molar-refractivity contribution in [2.75, 3.05) is 6.61 Å². The van der Waals surface area contributed by atoms with Crippen LogP contribution in [0.2, 0.25) is 0 Å². The molecular weight excluding hydrogens is 302 g/mol. The number of hydrogen-bond donors (Lipinski definition) is 1. The number of hydrogen-bond acceptors (Lipinski definition) is 2. The third-order valence-corrected chi connectivity index (χ3v) is 2.80. The topological polar surface area (TPSA) is 29.5 Å². The zero-order valence-corrected chi connectivity index (χ0v) is 11.2. The highest BCUT2D eigenvalue weighted by atomic mass is 19.4. The van der Waals surface area contributed by atoms with E-state index in [4.69, 9.17) is 4.74 Å². The number of aliphatic hydroxyl groups excluding tert-OH is 1. The molecule has 0 aliphatic carbocycles. The number of ether oxygens (including phenoxy) is 1. The standard InChI is InChI=1S/C13H14F6O2/c1-3-21-9-5-4-7(2)6-8(9)10(20)11(12(14,15)16)13(17,18)19/h4-6,10-11,20H,3H2,1-2H3. The molecule has 0 bridgehead atoms. The lowest BCUT2D eigenvalue weighted by molar-refractivity contribution is -0.307. The quantitative estimate of drug-likeness (QED) is 0.845. The number of alkyl halides is 6. The van der Waals surface area contributed by atoms with Crippen molar-refractivity contribution in [3.05, 3.63) is 29.3 Å².